The second-order valence-corrected chi connectivity index (χ2v) is 4.06. The van der Waals surface area contributed by atoms with Gasteiger partial charge in [0.25, 0.3) is 5.69 Å². The molecule has 0 atom stereocenters. The van der Waals surface area contributed by atoms with Crippen LogP contribution in [0, 0.1) is 17.0 Å². The van der Waals surface area contributed by atoms with Crippen LogP contribution in [0.5, 0.6) is 11.6 Å². The Balaban J connectivity index is 2.21. The van der Waals surface area contributed by atoms with Crippen molar-refractivity contribution in [2.75, 3.05) is 11.9 Å². The summed E-state index contributed by atoms with van der Waals surface area (Å²) in [6.45, 7) is 4.39. The molecule has 0 aliphatic heterocycles. The number of hydrogen-bond donors (Lipinski definition) is 1. The smallest absolute Gasteiger partial charge is 0.269 e. The molecule has 0 bridgehead atoms. The van der Waals surface area contributed by atoms with Crippen LogP contribution < -0.4 is 10.1 Å². The number of ether oxygens (including phenoxy) is 1. The molecule has 0 radical (unpaired) electrons. The van der Waals surface area contributed by atoms with Crippen molar-refractivity contribution in [1.82, 2.24) is 9.97 Å². The first kappa shape index (κ1) is 13.7. The highest BCUT2D eigenvalue weighted by molar-refractivity contribution is 5.44. The van der Waals surface area contributed by atoms with Gasteiger partial charge in [-0.1, -0.05) is 0 Å². The summed E-state index contributed by atoms with van der Waals surface area (Å²) in [4.78, 5) is 18.5. The minimum absolute atomic E-state index is 0.0332. The number of hydrogen-bond acceptors (Lipinski definition) is 6. The van der Waals surface area contributed by atoms with E-state index in [9.17, 15) is 10.1 Å². The number of aryl methyl sites for hydroxylation is 1. The Labute approximate surface area is 115 Å². The Morgan fingerprint density at radius 2 is 2.20 bits per heavy atom. The highest BCUT2D eigenvalue weighted by Crippen LogP contribution is 2.27. The molecule has 7 heteroatoms. The number of non-ortho nitro benzene ring substituents is 1. The van der Waals surface area contributed by atoms with E-state index in [4.69, 9.17) is 4.74 Å². The van der Waals surface area contributed by atoms with Gasteiger partial charge in [0.2, 0.25) is 11.8 Å². The van der Waals surface area contributed by atoms with Crippen molar-refractivity contribution in [1.29, 1.82) is 0 Å². The zero-order valence-electron chi connectivity index (χ0n) is 11.2. The highest BCUT2D eigenvalue weighted by atomic mass is 16.6. The fourth-order valence-corrected chi connectivity index (χ4v) is 1.62. The second kappa shape index (κ2) is 5.96. The topological polar surface area (TPSA) is 90.2 Å². The molecule has 1 N–H and O–H groups in total. The van der Waals surface area contributed by atoms with Crippen molar-refractivity contribution in [3.63, 3.8) is 0 Å². The van der Waals surface area contributed by atoms with Gasteiger partial charge in [0.05, 0.1) is 4.92 Å². The Morgan fingerprint density at radius 1 is 1.40 bits per heavy atom. The molecule has 0 aliphatic rings. The third-order valence-corrected chi connectivity index (χ3v) is 2.55. The molecule has 104 valence electrons. The van der Waals surface area contributed by atoms with Gasteiger partial charge in [0.15, 0.2) is 0 Å². The molecule has 0 amide bonds. The SMILES string of the molecule is CCNc1nccc(Oc2ccc([N+](=O)[O-])cc2C)n1. The summed E-state index contributed by atoms with van der Waals surface area (Å²) in [6.07, 6.45) is 1.58. The van der Waals surface area contributed by atoms with Gasteiger partial charge in [-0.15, -0.1) is 0 Å². The van der Waals surface area contributed by atoms with Gasteiger partial charge in [-0.05, 0) is 25.5 Å². The zero-order valence-corrected chi connectivity index (χ0v) is 11.2. The number of nitrogens with zero attached hydrogens (tertiary/aromatic N) is 3. The quantitative estimate of drug-likeness (QED) is 0.666. The first-order chi connectivity index (χ1) is 9.60. The Morgan fingerprint density at radius 3 is 2.85 bits per heavy atom. The first-order valence-corrected chi connectivity index (χ1v) is 6.10. The summed E-state index contributed by atoms with van der Waals surface area (Å²) in [6, 6.07) is 6.04. The average molecular weight is 274 g/mol. The van der Waals surface area contributed by atoms with Crippen LogP contribution in [0.3, 0.4) is 0 Å². The van der Waals surface area contributed by atoms with Crippen molar-refractivity contribution in [3.05, 3.63) is 46.1 Å². The molecule has 7 nitrogen and oxygen atoms in total. The highest BCUT2D eigenvalue weighted by Gasteiger charge is 2.10. The second-order valence-electron chi connectivity index (χ2n) is 4.06. The van der Waals surface area contributed by atoms with Gasteiger partial charge in [-0.25, -0.2) is 4.98 Å². The molecular formula is C13H14N4O3. The van der Waals surface area contributed by atoms with Crippen LogP contribution in [0.15, 0.2) is 30.5 Å². The van der Waals surface area contributed by atoms with E-state index in [-0.39, 0.29) is 5.69 Å². The first-order valence-electron chi connectivity index (χ1n) is 6.10. The monoisotopic (exact) mass is 274 g/mol. The normalized spacial score (nSPS) is 10.1. The number of nitro groups is 1. The van der Waals surface area contributed by atoms with Crippen LogP contribution in [0.25, 0.3) is 0 Å². The fourth-order valence-electron chi connectivity index (χ4n) is 1.62. The van der Waals surface area contributed by atoms with E-state index in [1.54, 1.807) is 25.3 Å². The van der Waals surface area contributed by atoms with Gasteiger partial charge < -0.3 is 10.1 Å². The predicted octanol–water partition coefficient (Wildman–Crippen LogP) is 2.92. The summed E-state index contributed by atoms with van der Waals surface area (Å²) in [5.41, 5.74) is 0.702. The van der Waals surface area contributed by atoms with Crippen LogP contribution >= 0.6 is 0 Å². The standard InChI is InChI=1S/C13H14N4O3/c1-3-14-13-15-7-6-12(16-13)20-11-5-4-10(17(18)19)8-9(11)2/h4-8H,3H2,1-2H3,(H,14,15,16). The Hall–Kier alpha value is -2.70. The number of benzene rings is 1. The lowest BCUT2D eigenvalue weighted by Gasteiger charge is -2.08. The number of rotatable bonds is 5. The summed E-state index contributed by atoms with van der Waals surface area (Å²) in [5.74, 6) is 1.38. The van der Waals surface area contributed by atoms with Crippen molar-refractivity contribution in [3.8, 4) is 11.6 Å². The van der Waals surface area contributed by atoms with Gasteiger partial charge in [-0.3, -0.25) is 10.1 Å². The van der Waals surface area contributed by atoms with Crippen LogP contribution in [-0.2, 0) is 0 Å². The number of nitrogens with one attached hydrogen (secondary N) is 1. The lowest BCUT2D eigenvalue weighted by Crippen LogP contribution is -2.02. The largest absolute Gasteiger partial charge is 0.439 e. The maximum atomic E-state index is 10.7. The van der Waals surface area contributed by atoms with Crippen molar-refractivity contribution >= 4 is 11.6 Å². The van der Waals surface area contributed by atoms with Gasteiger partial charge in [-0.2, -0.15) is 4.98 Å². The maximum Gasteiger partial charge on any atom is 0.269 e. The summed E-state index contributed by atoms with van der Waals surface area (Å²) in [7, 11) is 0. The van der Waals surface area contributed by atoms with Gasteiger partial charge in [0.1, 0.15) is 5.75 Å². The van der Waals surface area contributed by atoms with Crippen LogP contribution in [-0.4, -0.2) is 21.4 Å². The number of aromatic nitrogens is 2. The van der Waals surface area contributed by atoms with E-state index >= 15 is 0 Å². The molecule has 1 aromatic heterocycles. The molecule has 20 heavy (non-hydrogen) atoms. The summed E-state index contributed by atoms with van der Waals surface area (Å²) < 4.78 is 5.62. The lowest BCUT2D eigenvalue weighted by atomic mass is 10.2. The maximum absolute atomic E-state index is 10.7. The molecule has 0 fully saturated rings. The third kappa shape index (κ3) is 3.19. The van der Waals surface area contributed by atoms with Crippen LogP contribution in [0.2, 0.25) is 0 Å². The van der Waals surface area contributed by atoms with E-state index in [0.29, 0.717) is 29.7 Å². The van der Waals surface area contributed by atoms with Crippen molar-refractivity contribution < 1.29 is 9.66 Å². The molecule has 1 heterocycles. The molecule has 0 spiro atoms. The number of nitro benzene ring substituents is 1. The molecule has 1 aromatic carbocycles. The minimum atomic E-state index is -0.440. The third-order valence-electron chi connectivity index (χ3n) is 2.55. The Kier molecular flexibility index (Phi) is 4.09. The Bertz CT molecular complexity index is 631. The van der Waals surface area contributed by atoms with E-state index in [1.165, 1.54) is 12.1 Å². The van der Waals surface area contributed by atoms with Crippen LogP contribution in [0.1, 0.15) is 12.5 Å². The molecule has 0 saturated carbocycles. The molecular weight excluding hydrogens is 260 g/mol. The van der Waals surface area contributed by atoms with E-state index in [2.05, 4.69) is 15.3 Å². The molecule has 0 saturated heterocycles. The predicted molar refractivity (Wildman–Crippen MR) is 74.1 cm³/mol. The van der Waals surface area contributed by atoms with Gasteiger partial charge in [0, 0.05) is 30.9 Å². The molecule has 2 aromatic rings. The summed E-state index contributed by atoms with van der Waals surface area (Å²) >= 11 is 0. The average Bonchev–Trinajstić information content (AvgIpc) is 2.42. The summed E-state index contributed by atoms with van der Waals surface area (Å²) in [5, 5.41) is 13.7. The molecule has 0 unspecified atom stereocenters. The number of anilines is 1. The zero-order chi connectivity index (χ0) is 14.5. The fraction of sp³-hybridized carbons (Fsp3) is 0.231. The van der Waals surface area contributed by atoms with Crippen molar-refractivity contribution in [2.24, 2.45) is 0 Å². The van der Waals surface area contributed by atoms with Crippen molar-refractivity contribution in [2.45, 2.75) is 13.8 Å². The van der Waals surface area contributed by atoms with E-state index < -0.39 is 4.92 Å². The lowest BCUT2D eigenvalue weighted by molar-refractivity contribution is -0.384. The molecule has 0 aliphatic carbocycles. The van der Waals surface area contributed by atoms with E-state index in [0.717, 1.165) is 0 Å². The van der Waals surface area contributed by atoms with Gasteiger partial charge >= 0.3 is 0 Å². The van der Waals surface area contributed by atoms with E-state index in [1.807, 2.05) is 6.92 Å². The van der Waals surface area contributed by atoms with Crippen LogP contribution in [0.4, 0.5) is 11.6 Å². The molecule has 2 rings (SSSR count). The minimum Gasteiger partial charge on any atom is -0.439 e.